The maximum atomic E-state index is 2.68. The van der Waals surface area contributed by atoms with E-state index in [0.29, 0.717) is 6.17 Å². The van der Waals surface area contributed by atoms with Crippen LogP contribution in [-0.2, 0) is 0 Å². The Morgan fingerprint density at radius 1 is 0.382 bits per heavy atom. The second kappa shape index (κ2) is 24.1. The molecule has 0 fully saturated rings. The topological polar surface area (TPSA) is 6.48 Å². The molecule has 1 aliphatic heterocycles. The summed E-state index contributed by atoms with van der Waals surface area (Å²) < 4.78 is 0. The normalized spacial score (nSPS) is 15.7. The largest absolute Gasteiger partial charge is 0.356 e. The van der Waals surface area contributed by atoms with Crippen LogP contribution >= 0.6 is 0 Å². The summed E-state index contributed by atoms with van der Waals surface area (Å²) in [5.41, 5.74) is 0. The lowest BCUT2D eigenvalue weighted by molar-refractivity contribution is 0.135. The fourth-order valence-corrected chi connectivity index (χ4v) is 5.48. The van der Waals surface area contributed by atoms with Crippen LogP contribution < -0.4 is 0 Å². The van der Waals surface area contributed by atoms with E-state index in [1.807, 2.05) is 0 Å². The summed E-state index contributed by atoms with van der Waals surface area (Å²) in [6, 6.07) is 0. The van der Waals surface area contributed by atoms with Crippen LogP contribution in [0.25, 0.3) is 0 Å². The molecule has 1 aliphatic rings. The first-order valence-corrected chi connectivity index (χ1v) is 16.0. The van der Waals surface area contributed by atoms with Gasteiger partial charge in [0.15, 0.2) is 0 Å². The third-order valence-electron chi connectivity index (χ3n) is 7.82. The Morgan fingerprint density at radius 3 is 1.09 bits per heavy atom. The van der Waals surface area contributed by atoms with Crippen molar-refractivity contribution in [2.75, 3.05) is 13.1 Å². The van der Waals surface area contributed by atoms with Crippen molar-refractivity contribution < 1.29 is 0 Å². The van der Waals surface area contributed by atoms with Gasteiger partial charge in [0.05, 0.1) is 0 Å². The zero-order valence-corrected chi connectivity index (χ0v) is 24.0. The van der Waals surface area contributed by atoms with E-state index in [4.69, 9.17) is 0 Å². The maximum absolute atomic E-state index is 2.68. The van der Waals surface area contributed by atoms with Gasteiger partial charge in [0.2, 0.25) is 0 Å². The standard InChI is InChI=1S/C32H64N2/c1-4-7-10-12-14-16-17-18-19-21-23-26-29-34-31-30-33(28-25-9-6-3)32(34)27-24-22-20-15-13-11-8-5-2/h30-32H,4-29H2,1-3H3. The fraction of sp³-hybridized carbons (Fsp3) is 0.938. The predicted octanol–water partition coefficient (Wildman–Crippen LogP) is 10.8. The molecule has 0 N–H and O–H groups in total. The molecule has 0 aromatic carbocycles. The molecule has 2 nitrogen and oxygen atoms in total. The van der Waals surface area contributed by atoms with Gasteiger partial charge in [0.25, 0.3) is 0 Å². The number of nitrogens with zero attached hydrogens (tertiary/aromatic N) is 2. The van der Waals surface area contributed by atoms with Crippen molar-refractivity contribution in [3.8, 4) is 0 Å². The second-order valence-electron chi connectivity index (χ2n) is 11.1. The van der Waals surface area contributed by atoms with E-state index < -0.39 is 0 Å². The van der Waals surface area contributed by atoms with Crippen molar-refractivity contribution in [2.45, 2.75) is 181 Å². The van der Waals surface area contributed by atoms with Gasteiger partial charge < -0.3 is 9.80 Å². The van der Waals surface area contributed by atoms with Crippen LogP contribution in [0.1, 0.15) is 175 Å². The number of hydrogen-bond acceptors (Lipinski definition) is 2. The van der Waals surface area contributed by atoms with Gasteiger partial charge >= 0.3 is 0 Å². The third kappa shape index (κ3) is 16.9. The van der Waals surface area contributed by atoms with Gasteiger partial charge in [-0.3, -0.25) is 0 Å². The summed E-state index contributed by atoms with van der Waals surface area (Å²) in [5.74, 6) is 0. The summed E-state index contributed by atoms with van der Waals surface area (Å²) in [4.78, 5) is 5.35. The van der Waals surface area contributed by atoms with E-state index in [9.17, 15) is 0 Å². The highest BCUT2D eigenvalue weighted by Gasteiger charge is 2.24. The molecule has 0 amide bonds. The molecule has 0 aromatic heterocycles. The summed E-state index contributed by atoms with van der Waals surface area (Å²) in [6.45, 7) is 9.45. The molecular formula is C32H64N2. The average Bonchev–Trinajstić information content (AvgIpc) is 3.23. The van der Waals surface area contributed by atoms with Gasteiger partial charge in [-0.05, 0) is 25.7 Å². The molecule has 1 atom stereocenters. The lowest BCUT2D eigenvalue weighted by Crippen LogP contribution is -2.39. The monoisotopic (exact) mass is 477 g/mol. The van der Waals surface area contributed by atoms with Gasteiger partial charge in [0.1, 0.15) is 6.17 Å². The lowest BCUT2D eigenvalue weighted by atomic mass is 10.0. The highest BCUT2D eigenvalue weighted by atomic mass is 15.4. The predicted molar refractivity (Wildman–Crippen MR) is 154 cm³/mol. The van der Waals surface area contributed by atoms with Crippen LogP contribution in [0, 0.1) is 0 Å². The van der Waals surface area contributed by atoms with E-state index in [2.05, 4.69) is 43.0 Å². The molecule has 34 heavy (non-hydrogen) atoms. The first-order valence-electron chi connectivity index (χ1n) is 16.0. The first-order chi connectivity index (χ1) is 16.8. The van der Waals surface area contributed by atoms with Gasteiger partial charge in [-0.1, -0.05) is 149 Å². The molecule has 0 saturated heterocycles. The zero-order chi connectivity index (χ0) is 24.5. The van der Waals surface area contributed by atoms with Crippen LogP contribution in [0.4, 0.5) is 0 Å². The van der Waals surface area contributed by atoms with E-state index in [0.717, 1.165) is 0 Å². The summed E-state index contributed by atoms with van der Waals surface area (Å²) >= 11 is 0. The van der Waals surface area contributed by atoms with Crippen molar-refractivity contribution in [2.24, 2.45) is 0 Å². The summed E-state index contributed by atoms with van der Waals surface area (Å²) in [7, 11) is 0. The average molecular weight is 477 g/mol. The molecule has 1 unspecified atom stereocenters. The van der Waals surface area contributed by atoms with Gasteiger partial charge in [0, 0.05) is 25.5 Å². The van der Waals surface area contributed by atoms with Crippen LogP contribution in [0.15, 0.2) is 12.4 Å². The molecule has 1 rings (SSSR count). The molecule has 0 aliphatic carbocycles. The highest BCUT2D eigenvalue weighted by molar-refractivity contribution is 4.97. The van der Waals surface area contributed by atoms with Crippen molar-refractivity contribution in [1.82, 2.24) is 9.80 Å². The molecule has 1 heterocycles. The summed E-state index contributed by atoms with van der Waals surface area (Å²) in [6.07, 6.45) is 39.5. The van der Waals surface area contributed by atoms with E-state index in [1.165, 1.54) is 167 Å². The quantitative estimate of drug-likeness (QED) is 0.114. The molecule has 0 saturated carbocycles. The van der Waals surface area contributed by atoms with Crippen LogP contribution in [0.2, 0.25) is 0 Å². The Bertz CT molecular complexity index is 433. The van der Waals surface area contributed by atoms with E-state index in [-0.39, 0.29) is 0 Å². The van der Waals surface area contributed by atoms with Crippen molar-refractivity contribution >= 4 is 0 Å². The minimum Gasteiger partial charge on any atom is -0.356 e. The number of unbranched alkanes of at least 4 members (excludes halogenated alkanes) is 20. The van der Waals surface area contributed by atoms with Crippen LogP contribution in [-0.4, -0.2) is 29.1 Å². The SMILES string of the molecule is CCCCCCCCCCCCCCN1C=CN(CCCCC)C1CCCCCCCCCC. The summed E-state index contributed by atoms with van der Waals surface area (Å²) in [5, 5.41) is 0. The molecule has 0 spiro atoms. The minimum atomic E-state index is 0.643. The van der Waals surface area contributed by atoms with Crippen molar-refractivity contribution in [1.29, 1.82) is 0 Å². The van der Waals surface area contributed by atoms with E-state index in [1.54, 1.807) is 0 Å². The second-order valence-corrected chi connectivity index (χ2v) is 11.1. The Morgan fingerprint density at radius 2 is 0.676 bits per heavy atom. The van der Waals surface area contributed by atoms with Crippen molar-refractivity contribution in [3.63, 3.8) is 0 Å². The Kier molecular flexibility index (Phi) is 22.2. The Hall–Kier alpha value is -0.660. The lowest BCUT2D eigenvalue weighted by Gasteiger charge is -2.33. The van der Waals surface area contributed by atoms with E-state index >= 15 is 0 Å². The molecule has 202 valence electrons. The number of hydrogen-bond donors (Lipinski definition) is 0. The van der Waals surface area contributed by atoms with Crippen molar-refractivity contribution in [3.05, 3.63) is 12.4 Å². The molecule has 2 heteroatoms. The van der Waals surface area contributed by atoms with Gasteiger partial charge in [-0.25, -0.2) is 0 Å². The molecule has 0 bridgehead atoms. The zero-order valence-electron chi connectivity index (χ0n) is 24.0. The highest BCUT2D eigenvalue weighted by Crippen LogP contribution is 2.23. The molecular weight excluding hydrogens is 412 g/mol. The van der Waals surface area contributed by atoms with Gasteiger partial charge in [-0.2, -0.15) is 0 Å². The van der Waals surface area contributed by atoms with Crippen LogP contribution in [0.3, 0.4) is 0 Å². The molecule has 0 aromatic rings. The Balaban J connectivity index is 2.15. The van der Waals surface area contributed by atoms with Crippen LogP contribution in [0.5, 0.6) is 0 Å². The third-order valence-corrected chi connectivity index (χ3v) is 7.82. The Labute approximate surface area is 216 Å². The number of rotatable bonds is 26. The fourth-order valence-electron chi connectivity index (χ4n) is 5.48. The smallest absolute Gasteiger partial charge is 0.101 e. The minimum absolute atomic E-state index is 0.643. The molecule has 0 radical (unpaired) electrons. The van der Waals surface area contributed by atoms with Gasteiger partial charge in [-0.15, -0.1) is 0 Å². The maximum Gasteiger partial charge on any atom is 0.101 e. The first kappa shape index (κ1) is 31.4.